The Bertz CT molecular complexity index is 511. The first-order valence-corrected chi connectivity index (χ1v) is 6.59. The quantitative estimate of drug-likeness (QED) is 0.876. The van der Waals surface area contributed by atoms with Crippen LogP contribution in [-0.4, -0.2) is 18.4 Å². The molecule has 1 unspecified atom stereocenters. The van der Waals surface area contributed by atoms with Gasteiger partial charge in [-0.2, -0.15) is 0 Å². The number of amides is 2. The van der Waals surface area contributed by atoms with Crippen molar-refractivity contribution in [3.05, 3.63) is 29.8 Å². The zero-order valence-corrected chi connectivity index (χ0v) is 11.6. The molecule has 1 saturated heterocycles. The van der Waals surface area contributed by atoms with Crippen molar-refractivity contribution < 1.29 is 9.59 Å². The third-order valence-corrected chi connectivity index (χ3v) is 3.61. The minimum Gasteiger partial charge on any atom is -0.355 e. The molecular weight excluding hydrogens is 240 g/mol. The van der Waals surface area contributed by atoms with Crippen molar-refractivity contribution in [3.63, 3.8) is 0 Å². The molecule has 0 aromatic heterocycles. The van der Waals surface area contributed by atoms with Gasteiger partial charge in [-0.25, -0.2) is 0 Å². The molecule has 1 fully saturated rings. The van der Waals surface area contributed by atoms with Crippen molar-refractivity contribution in [2.75, 3.05) is 11.9 Å². The summed E-state index contributed by atoms with van der Waals surface area (Å²) in [6.45, 7) is 6.40. The van der Waals surface area contributed by atoms with Crippen LogP contribution >= 0.6 is 0 Å². The summed E-state index contributed by atoms with van der Waals surface area (Å²) in [6.07, 6.45) is 0.253. The van der Waals surface area contributed by atoms with Crippen LogP contribution in [0.2, 0.25) is 0 Å². The Morgan fingerprint density at radius 1 is 1.37 bits per heavy atom. The minimum absolute atomic E-state index is 0.0604. The highest BCUT2D eigenvalue weighted by Crippen LogP contribution is 2.29. The highest BCUT2D eigenvalue weighted by atomic mass is 16.2. The number of hydrogen-bond donors (Lipinski definition) is 2. The first-order chi connectivity index (χ1) is 8.92. The summed E-state index contributed by atoms with van der Waals surface area (Å²) in [6, 6.07) is 7.79. The van der Waals surface area contributed by atoms with E-state index in [4.69, 9.17) is 0 Å². The van der Waals surface area contributed by atoms with Crippen LogP contribution in [0.25, 0.3) is 0 Å². The molecule has 4 nitrogen and oxygen atoms in total. The molecule has 0 spiro atoms. The number of para-hydroxylation sites is 1. The zero-order chi connectivity index (χ0) is 14.0. The van der Waals surface area contributed by atoms with Crippen LogP contribution in [0.5, 0.6) is 0 Å². The van der Waals surface area contributed by atoms with Crippen LogP contribution in [0.15, 0.2) is 24.3 Å². The number of rotatable bonds is 3. The predicted molar refractivity (Wildman–Crippen MR) is 74.9 cm³/mol. The summed E-state index contributed by atoms with van der Waals surface area (Å²) < 4.78 is 0. The predicted octanol–water partition coefficient (Wildman–Crippen LogP) is 2.27. The maximum atomic E-state index is 12.4. The molecule has 2 amide bonds. The lowest BCUT2D eigenvalue weighted by Gasteiger charge is -2.22. The van der Waals surface area contributed by atoms with E-state index in [0.29, 0.717) is 12.5 Å². The molecule has 1 atom stereocenters. The summed E-state index contributed by atoms with van der Waals surface area (Å²) in [4.78, 5) is 23.7. The number of carbonyl (C=O) groups is 2. The second kappa shape index (κ2) is 5.03. The summed E-state index contributed by atoms with van der Waals surface area (Å²) in [5, 5.41) is 5.68. The van der Waals surface area contributed by atoms with E-state index in [1.54, 1.807) is 0 Å². The Balaban J connectivity index is 2.18. The van der Waals surface area contributed by atoms with E-state index >= 15 is 0 Å². The third-order valence-electron chi connectivity index (χ3n) is 3.61. The van der Waals surface area contributed by atoms with Gasteiger partial charge in [-0.1, -0.05) is 32.0 Å². The van der Waals surface area contributed by atoms with Gasteiger partial charge >= 0.3 is 0 Å². The van der Waals surface area contributed by atoms with Crippen LogP contribution in [0.3, 0.4) is 0 Å². The molecule has 2 rings (SSSR count). The lowest BCUT2D eigenvalue weighted by atomic mass is 9.88. The maximum absolute atomic E-state index is 12.4. The fraction of sp³-hybridized carbons (Fsp3) is 0.467. The van der Waals surface area contributed by atoms with Gasteiger partial charge in [0.25, 0.3) is 0 Å². The molecule has 0 radical (unpaired) electrons. The van der Waals surface area contributed by atoms with Crippen molar-refractivity contribution in [2.24, 2.45) is 5.41 Å². The summed E-state index contributed by atoms with van der Waals surface area (Å²) in [5.41, 5.74) is 1.29. The van der Waals surface area contributed by atoms with Crippen molar-refractivity contribution in [2.45, 2.75) is 33.1 Å². The Morgan fingerprint density at radius 2 is 2.05 bits per heavy atom. The lowest BCUT2D eigenvalue weighted by Crippen LogP contribution is -2.35. The fourth-order valence-electron chi connectivity index (χ4n) is 2.32. The van der Waals surface area contributed by atoms with Crippen molar-refractivity contribution in [1.29, 1.82) is 0 Å². The standard InChI is InChI=1S/C15H20N2O2/c1-10(2)11-6-4-5-7-12(11)17-14(19)15(3)8-13(18)16-9-15/h4-7,10H,8-9H2,1-3H3,(H,16,18)(H,17,19). The molecule has 102 valence electrons. The van der Waals surface area contributed by atoms with E-state index < -0.39 is 5.41 Å². The van der Waals surface area contributed by atoms with Crippen molar-refractivity contribution in [3.8, 4) is 0 Å². The Kier molecular flexibility index (Phi) is 3.60. The summed E-state index contributed by atoms with van der Waals surface area (Å²) in [5.74, 6) is 0.182. The SMILES string of the molecule is CC(C)c1ccccc1NC(=O)C1(C)CNC(=O)C1. The Hall–Kier alpha value is -1.84. The molecule has 1 aliphatic heterocycles. The summed E-state index contributed by atoms with van der Waals surface area (Å²) >= 11 is 0. The van der Waals surface area contributed by atoms with Gasteiger partial charge in [0, 0.05) is 18.7 Å². The molecule has 2 N–H and O–H groups in total. The molecular formula is C15H20N2O2. The minimum atomic E-state index is -0.652. The van der Waals surface area contributed by atoms with E-state index in [2.05, 4.69) is 24.5 Å². The molecule has 19 heavy (non-hydrogen) atoms. The first-order valence-electron chi connectivity index (χ1n) is 6.59. The third kappa shape index (κ3) is 2.78. The molecule has 1 aliphatic rings. The van der Waals surface area contributed by atoms with Crippen LogP contribution in [0, 0.1) is 5.41 Å². The fourth-order valence-corrected chi connectivity index (χ4v) is 2.32. The number of benzene rings is 1. The van der Waals surface area contributed by atoms with Crippen LogP contribution in [-0.2, 0) is 9.59 Å². The topological polar surface area (TPSA) is 58.2 Å². The van der Waals surface area contributed by atoms with Gasteiger partial charge in [0.2, 0.25) is 11.8 Å². The van der Waals surface area contributed by atoms with E-state index in [0.717, 1.165) is 11.3 Å². The highest BCUT2D eigenvalue weighted by Gasteiger charge is 2.40. The number of carbonyl (C=O) groups excluding carboxylic acids is 2. The lowest BCUT2D eigenvalue weighted by molar-refractivity contribution is -0.126. The number of hydrogen-bond acceptors (Lipinski definition) is 2. The Morgan fingerprint density at radius 3 is 2.63 bits per heavy atom. The molecule has 1 aromatic carbocycles. The van der Waals surface area contributed by atoms with Crippen LogP contribution < -0.4 is 10.6 Å². The molecule has 0 aliphatic carbocycles. The van der Waals surface area contributed by atoms with E-state index in [-0.39, 0.29) is 18.2 Å². The molecule has 1 heterocycles. The van der Waals surface area contributed by atoms with E-state index in [1.807, 2.05) is 31.2 Å². The van der Waals surface area contributed by atoms with Crippen molar-refractivity contribution >= 4 is 17.5 Å². The van der Waals surface area contributed by atoms with Gasteiger partial charge in [-0.05, 0) is 24.5 Å². The molecule has 0 saturated carbocycles. The van der Waals surface area contributed by atoms with Gasteiger partial charge in [0.1, 0.15) is 0 Å². The molecule has 4 heteroatoms. The van der Waals surface area contributed by atoms with Gasteiger partial charge in [-0.3, -0.25) is 9.59 Å². The smallest absolute Gasteiger partial charge is 0.232 e. The largest absolute Gasteiger partial charge is 0.355 e. The zero-order valence-electron chi connectivity index (χ0n) is 11.6. The van der Waals surface area contributed by atoms with E-state index in [9.17, 15) is 9.59 Å². The number of anilines is 1. The van der Waals surface area contributed by atoms with Gasteiger partial charge in [0.15, 0.2) is 0 Å². The average Bonchev–Trinajstić information content (AvgIpc) is 2.71. The number of nitrogens with one attached hydrogen (secondary N) is 2. The maximum Gasteiger partial charge on any atom is 0.232 e. The summed E-state index contributed by atoms with van der Waals surface area (Å²) in [7, 11) is 0. The van der Waals surface area contributed by atoms with Crippen LogP contribution in [0.4, 0.5) is 5.69 Å². The Labute approximate surface area is 113 Å². The van der Waals surface area contributed by atoms with Gasteiger partial charge < -0.3 is 10.6 Å². The normalized spacial score (nSPS) is 22.4. The van der Waals surface area contributed by atoms with E-state index in [1.165, 1.54) is 0 Å². The molecule has 1 aromatic rings. The second-order valence-corrected chi connectivity index (χ2v) is 5.71. The first kappa shape index (κ1) is 13.6. The van der Waals surface area contributed by atoms with Crippen molar-refractivity contribution in [1.82, 2.24) is 5.32 Å². The average molecular weight is 260 g/mol. The second-order valence-electron chi connectivity index (χ2n) is 5.71. The highest BCUT2D eigenvalue weighted by molar-refractivity contribution is 6.00. The monoisotopic (exact) mass is 260 g/mol. The van der Waals surface area contributed by atoms with Crippen LogP contribution in [0.1, 0.15) is 38.7 Å². The molecule has 0 bridgehead atoms. The van der Waals surface area contributed by atoms with Gasteiger partial charge in [-0.15, -0.1) is 0 Å². The van der Waals surface area contributed by atoms with Gasteiger partial charge in [0.05, 0.1) is 5.41 Å².